The molecular formula is C27H27F3N2O4S. The van der Waals surface area contributed by atoms with Gasteiger partial charge in [-0.25, -0.2) is 0 Å². The number of aryl methyl sites for hydroxylation is 1. The molecule has 10 heteroatoms. The number of amides is 1. The average molecular weight is 533 g/mol. The standard InChI is InChI=1S/C27H27F3N2O4S/c1-19-14-22(4-7-25(19)35-17-26(33)32-9-11-34-12-10-32)24(15-21-8-13-37-18-21)31-36-16-20-2-5-23(6-3-20)27(28,29)30/h2-8,13-14,18H,9-12,15-17H2,1H3/b31-24+. The lowest BCUT2D eigenvalue weighted by Gasteiger charge is -2.26. The first kappa shape index (κ1) is 26.7. The monoisotopic (exact) mass is 532 g/mol. The van der Waals surface area contributed by atoms with Crippen molar-refractivity contribution in [2.45, 2.75) is 26.1 Å². The normalized spacial score (nSPS) is 14.5. The first-order chi connectivity index (χ1) is 17.8. The molecule has 2 heterocycles. The molecule has 0 spiro atoms. The molecule has 3 aromatic rings. The van der Waals surface area contributed by atoms with E-state index in [2.05, 4.69) is 5.16 Å². The highest BCUT2D eigenvalue weighted by atomic mass is 32.1. The van der Waals surface area contributed by atoms with Crippen LogP contribution in [0.25, 0.3) is 0 Å². The Bertz CT molecular complexity index is 1210. The second kappa shape index (κ2) is 12.2. The third kappa shape index (κ3) is 7.56. The number of alkyl halides is 3. The zero-order chi connectivity index (χ0) is 26.3. The molecule has 1 saturated heterocycles. The Morgan fingerprint density at radius 3 is 2.49 bits per heavy atom. The topological polar surface area (TPSA) is 60.4 Å². The van der Waals surface area contributed by atoms with E-state index >= 15 is 0 Å². The van der Waals surface area contributed by atoms with Crippen LogP contribution in [0.2, 0.25) is 0 Å². The van der Waals surface area contributed by atoms with Crippen molar-refractivity contribution in [2.24, 2.45) is 5.16 Å². The fraction of sp³-hybridized carbons (Fsp3) is 0.333. The fourth-order valence-corrected chi connectivity index (χ4v) is 4.45. The van der Waals surface area contributed by atoms with E-state index in [1.807, 2.05) is 35.9 Å². The number of nitrogens with zero attached hydrogens (tertiary/aromatic N) is 2. The molecule has 1 aliphatic rings. The van der Waals surface area contributed by atoms with E-state index in [1.165, 1.54) is 12.1 Å². The first-order valence-corrected chi connectivity index (χ1v) is 12.7. The van der Waals surface area contributed by atoms with Crippen molar-refractivity contribution in [1.82, 2.24) is 4.90 Å². The molecular weight excluding hydrogens is 505 g/mol. The van der Waals surface area contributed by atoms with Crippen molar-refractivity contribution in [3.05, 3.63) is 87.1 Å². The van der Waals surface area contributed by atoms with E-state index in [9.17, 15) is 18.0 Å². The maximum Gasteiger partial charge on any atom is 0.416 e. The van der Waals surface area contributed by atoms with Gasteiger partial charge in [0.15, 0.2) is 6.61 Å². The molecule has 1 amide bonds. The Kier molecular flexibility index (Phi) is 8.83. The van der Waals surface area contributed by atoms with Gasteiger partial charge in [0.25, 0.3) is 5.91 Å². The summed E-state index contributed by atoms with van der Waals surface area (Å²) in [6, 6.07) is 12.4. The van der Waals surface area contributed by atoms with Crippen LogP contribution in [0.4, 0.5) is 13.2 Å². The van der Waals surface area contributed by atoms with Gasteiger partial charge >= 0.3 is 6.18 Å². The van der Waals surface area contributed by atoms with Gasteiger partial charge in [-0.05, 0) is 70.8 Å². The van der Waals surface area contributed by atoms with E-state index in [-0.39, 0.29) is 19.1 Å². The Morgan fingerprint density at radius 2 is 1.84 bits per heavy atom. The molecule has 6 nitrogen and oxygen atoms in total. The van der Waals surface area contributed by atoms with Crippen LogP contribution >= 0.6 is 11.3 Å². The van der Waals surface area contributed by atoms with Crippen molar-refractivity contribution < 1.29 is 32.3 Å². The van der Waals surface area contributed by atoms with Gasteiger partial charge in [-0.3, -0.25) is 4.79 Å². The summed E-state index contributed by atoms with van der Waals surface area (Å²) in [4.78, 5) is 19.7. The van der Waals surface area contributed by atoms with Crippen LogP contribution in [-0.4, -0.2) is 49.4 Å². The van der Waals surface area contributed by atoms with Crippen LogP contribution in [0.1, 0.15) is 27.8 Å². The number of halogens is 3. The molecule has 1 aromatic heterocycles. The third-order valence-corrected chi connectivity index (χ3v) is 6.59. The first-order valence-electron chi connectivity index (χ1n) is 11.7. The highest BCUT2D eigenvalue weighted by molar-refractivity contribution is 7.08. The minimum atomic E-state index is -4.38. The van der Waals surface area contributed by atoms with Gasteiger partial charge in [-0.2, -0.15) is 24.5 Å². The van der Waals surface area contributed by atoms with E-state index in [1.54, 1.807) is 22.3 Å². The highest BCUT2D eigenvalue weighted by Gasteiger charge is 2.29. The van der Waals surface area contributed by atoms with Crippen LogP contribution < -0.4 is 4.74 Å². The van der Waals surface area contributed by atoms with E-state index in [0.29, 0.717) is 49.7 Å². The largest absolute Gasteiger partial charge is 0.483 e. The van der Waals surface area contributed by atoms with Crippen molar-refractivity contribution in [3.8, 4) is 5.75 Å². The molecule has 37 heavy (non-hydrogen) atoms. The summed E-state index contributed by atoms with van der Waals surface area (Å²) in [6.07, 6.45) is -3.86. The van der Waals surface area contributed by atoms with E-state index in [0.717, 1.165) is 28.8 Å². The van der Waals surface area contributed by atoms with E-state index in [4.69, 9.17) is 14.3 Å². The fourth-order valence-electron chi connectivity index (χ4n) is 3.78. The molecule has 1 fully saturated rings. The molecule has 1 aliphatic heterocycles. The van der Waals surface area contributed by atoms with Crippen LogP contribution in [0.3, 0.4) is 0 Å². The lowest BCUT2D eigenvalue weighted by atomic mass is 10.0. The predicted molar refractivity (Wildman–Crippen MR) is 135 cm³/mol. The van der Waals surface area contributed by atoms with Crippen molar-refractivity contribution in [1.29, 1.82) is 0 Å². The molecule has 196 valence electrons. The summed E-state index contributed by atoms with van der Waals surface area (Å²) in [5.41, 5.74) is 3.27. The van der Waals surface area contributed by atoms with Gasteiger partial charge in [-0.1, -0.05) is 17.3 Å². The minimum Gasteiger partial charge on any atom is -0.483 e. The number of thiophene rings is 1. The van der Waals surface area contributed by atoms with Crippen LogP contribution in [-0.2, 0) is 33.6 Å². The summed E-state index contributed by atoms with van der Waals surface area (Å²) < 4.78 is 49.4. The zero-order valence-electron chi connectivity index (χ0n) is 20.3. The number of carbonyl (C=O) groups excluding carboxylic acids is 1. The SMILES string of the molecule is Cc1cc(/C(Cc2ccsc2)=N/OCc2ccc(C(F)(F)F)cc2)ccc1OCC(=O)N1CCOCC1. The summed E-state index contributed by atoms with van der Waals surface area (Å²) in [6.45, 7) is 4.08. The Labute approximate surface area is 217 Å². The molecule has 0 radical (unpaired) electrons. The smallest absolute Gasteiger partial charge is 0.416 e. The molecule has 0 aliphatic carbocycles. The Balaban J connectivity index is 1.43. The van der Waals surface area contributed by atoms with Crippen molar-refractivity contribution in [2.75, 3.05) is 32.9 Å². The number of benzene rings is 2. The molecule has 0 unspecified atom stereocenters. The van der Waals surface area contributed by atoms with Gasteiger partial charge in [0.2, 0.25) is 0 Å². The lowest BCUT2D eigenvalue weighted by molar-refractivity contribution is -0.138. The Hall–Kier alpha value is -3.37. The number of hydrogen-bond acceptors (Lipinski definition) is 6. The van der Waals surface area contributed by atoms with Gasteiger partial charge in [0.1, 0.15) is 12.4 Å². The zero-order valence-corrected chi connectivity index (χ0v) is 21.1. The maximum absolute atomic E-state index is 12.8. The molecule has 4 rings (SSSR count). The second-order valence-corrected chi connectivity index (χ2v) is 9.36. The van der Waals surface area contributed by atoms with Gasteiger partial charge in [0, 0.05) is 25.1 Å². The summed E-state index contributed by atoms with van der Waals surface area (Å²) >= 11 is 1.58. The molecule has 0 atom stereocenters. The summed E-state index contributed by atoms with van der Waals surface area (Å²) in [5.74, 6) is 0.522. The number of morpholine rings is 1. The number of rotatable bonds is 9. The van der Waals surface area contributed by atoms with Gasteiger partial charge in [-0.15, -0.1) is 0 Å². The quantitative estimate of drug-likeness (QED) is 0.271. The average Bonchev–Trinajstić information content (AvgIpc) is 3.41. The van der Waals surface area contributed by atoms with Crippen LogP contribution in [0, 0.1) is 6.92 Å². The second-order valence-electron chi connectivity index (χ2n) is 8.58. The maximum atomic E-state index is 12.8. The van der Waals surface area contributed by atoms with Gasteiger partial charge in [0.05, 0.1) is 24.5 Å². The van der Waals surface area contributed by atoms with Gasteiger partial charge < -0.3 is 19.2 Å². The third-order valence-electron chi connectivity index (χ3n) is 5.86. The highest BCUT2D eigenvalue weighted by Crippen LogP contribution is 2.29. The van der Waals surface area contributed by atoms with Crippen LogP contribution in [0.5, 0.6) is 5.75 Å². The molecule has 0 saturated carbocycles. The minimum absolute atomic E-state index is 0.0368. The molecule has 0 bridgehead atoms. The molecule has 2 aromatic carbocycles. The van der Waals surface area contributed by atoms with Crippen molar-refractivity contribution in [3.63, 3.8) is 0 Å². The molecule has 0 N–H and O–H groups in total. The summed E-state index contributed by atoms with van der Waals surface area (Å²) in [7, 11) is 0. The number of hydrogen-bond donors (Lipinski definition) is 0. The number of oxime groups is 1. The predicted octanol–water partition coefficient (Wildman–Crippen LogP) is 5.48. The summed E-state index contributed by atoms with van der Waals surface area (Å²) in [5, 5.41) is 8.32. The van der Waals surface area contributed by atoms with Crippen LogP contribution in [0.15, 0.2) is 64.4 Å². The number of ether oxygens (including phenoxy) is 2. The lowest BCUT2D eigenvalue weighted by Crippen LogP contribution is -2.43. The number of carbonyl (C=O) groups is 1. The van der Waals surface area contributed by atoms with Crippen molar-refractivity contribution >= 4 is 23.0 Å². The Morgan fingerprint density at radius 1 is 1.08 bits per heavy atom. The van der Waals surface area contributed by atoms with E-state index < -0.39 is 11.7 Å².